The van der Waals surface area contributed by atoms with E-state index in [1.165, 1.54) is 65.6 Å². The molecule has 9 aromatic carbocycles. The third kappa shape index (κ3) is 4.96. The predicted octanol–water partition coefficient (Wildman–Crippen LogP) is 13.9. The first kappa shape index (κ1) is 30.0. The zero-order chi connectivity index (χ0) is 34.4. The maximum Gasteiger partial charge on any atom is 0.0546 e. The first-order chi connectivity index (χ1) is 25.8. The van der Waals surface area contributed by atoms with Crippen molar-refractivity contribution >= 4 is 60.4 Å². The number of aromatic nitrogens is 1. The number of hydrogen-bond donors (Lipinski definition) is 0. The summed E-state index contributed by atoms with van der Waals surface area (Å²) in [6, 6.07) is 74.8. The van der Waals surface area contributed by atoms with Crippen LogP contribution in [0.15, 0.2) is 206 Å². The molecule has 0 aliphatic rings. The van der Waals surface area contributed by atoms with Crippen molar-refractivity contribution in [1.82, 2.24) is 4.57 Å². The van der Waals surface area contributed by atoms with E-state index in [9.17, 15) is 0 Å². The lowest BCUT2D eigenvalue weighted by molar-refractivity contribution is 1.17. The van der Waals surface area contributed by atoms with E-state index in [-0.39, 0.29) is 0 Å². The fourth-order valence-electron chi connectivity index (χ4n) is 8.03. The van der Waals surface area contributed by atoms with E-state index < -0.39 is 0 Å². The van der Waals surface area contributed by atoms with E-state index in [1.54, 1.807) is 0 Å². The number of benzene rings is 9. The fraction of sp³-hybridized carbons (Fsp3) is 0. The minimum absolute atomic E-state index is 1.09. The van der Waals surface area contributed by atoms with Crippen LogP contribution in [-0.4, -0.2) is 4.57 Å². The van der Waals surface area contributed by atoms with Crippen LogP contribution < -0.4 is 4.90 Å². The van der Waals surface area contributed by atoms with Crippen molar-refractivity contribution in [2.24, 2.45) is 0 Å². The zero-order valence-corrected chi connectivity index (χ0v) is 28.5. The Balaban J connectivity index is 1.26. The number of hydrogen-bond acceptors (Lipinski definition) is 1. The zero-order valence-electron chi connectivity index (χ0n) is 28.5. The summed E-state index contributed by atoms with van der Waals surface area (Å²) in [5.41, 5.74) is 11.6. The lowest BCUT2D eigenvalue weighted by Gasteiger charge is -2.29. The van der Waals surface area contributed by atoms with E-state index in [1.807, 2.05) is 0 Å². The molecule has 0 aliphatic heterocycles. The summed E-state index contributed by atoms with van der Waals surface area (Å²) in [6.45, 7) is 0. The summed E-state index contributed by atoms with van der Waals surface area (Å²) in [4.78, 5) is 2.43. The van der Waals surface area contributed by atoms with Gasteiger partial charge in [0.1, 0.15) is 0 Å². The predicted molar refractivity (Wildman–Crippen MR) is 221 cm³/mol. The van der Waals surface area contributed by atoms with Crippen molar-refractivity contribution < 1.29 is 0 Å². The second kappa shape index (κ2) is 12.5. The van der Waals surface area contributed by atoms with Gasteiger partial charge in [0, 0.05) is 33.4 Å². The van der Waals surface area contributed by atoms with Crippen molar-refractivity contribution in [3.63, 3.8) is 0 Å². The molecule has 0 atom stereocenters. The summed E-state index contributed by atoms with van der Waals surface area (Å²) < 4.78 is 2.40. The van der Waals surface area contributed by atoms with E-state index in [2.05, 4.69) is 216 Å². The van der Waals surface area contributed by atoms with Crippen molar-refractivity contribution in [1.29, 1.82) is 0 Å². The molecule has 0 aliphatic carbocycles. The van der Waals surface area contributed by atoms with Gasteiger partial charge in [0.05, 0.1) is 16.7 Å². The first-order valence-corrected chi connectivity index (χ1v) is 17.9. The molecule has 0 spiro atoms. The molecule has 0 fully saturated rings. The lowest BCUT2D eigenvalue weighted by Crippen LogP contribution is -2.12. The SMILES string of the molecule is c1ccc(N(c2cccc(-n3c4ccccc4c4ccccc43)c2)c2cc(-c3cccc4ccccc34)ccc2-c2cccc3ccccc23)cc1. The Bertz CT molecular complexity index is 2850. The minimum atomic E-state index is 1.09. The van der Waals surface area contributed by atoms with Crippen LogP contribution in [0.3, 0.4) is 0 Å². The monoisotopic (exact) mass is 662 g/mol. The smallest absolute Gasteiger partial charge is 0.0546 e. The van der Waals surface area contributed by atoms with Gasteiger partial charge in [-0.2, -0.15) is 0 Å². The molecule has 0 saturated heterocycles. The number of para-hydroxylation sites is 3. The average Bonchev–Trinajstić information content (AvgIpc) is 3.55. The maximum absolute atomic E-state index is 2.43. The number of fused-ring (bicyclic) bond motifs is 5. The Kier molecular flexibility index (Phi) is 7.18. The van der Waals surface area contributed by atoms with Gasteiger partial charge < -0.3 is 9.47 Å². The highest BCUT2D eigenvalue weighted by atomic mass is 15.1. The van der Waals surface area contributed by atoms with Gasteiger partial charge in [-0.15, -0.1) is 0 Å². The molecular formula is C50H34N2. The molecule has 52 heavy (non-hydrogen) atoms. The Morgan fingerprint density at radius 2 is 0.846 bits per heavy atom. The van der Waals surface area contributed by atoms with Crippen molar-refractivity contribution in [2.75, 3.05) is 4.90 Å². The molecule has 2 nitrogen and oxygen atoms in total. The quantitative estimate of drug-likeness (QED) is 0.172. The number of nitrogens with zero attached hydrogens (tertiary/aromatic N) is 2. The molecule has 0 N–H and O–H groups in total. The second-order valence-corrected chi connectivity index (χ2v) is 13.3. The highest BCUT2D eigenvalue weighted by Gasteiger charge is 2.21. The van der Waals surface area contributed by atoms with Crippen LogP contribution in [0, 0.1) is 0 Å². The maximum atomic E-state index is 2.43. The summed E-state index contributed by atoms with van der Waals surface area (Å²) in [7, 11) is 0. The largest absolute Gasteiger partial charge is 0.310 e. The van der Waals surface area contributed by atoms with Crippen LogP contribution in [-0.2, 0) is 0 Å². The molecule has 244 valence electrons. The highest BCUT2D eigenvalue weighted by Crippen LogP contribution is 2.46. The van der Waals surface area contributed by atoms with E-state index in [0.717, 1.165) is 22.7 Å². The van der Waals surface area contributed by atoms with Gasteiger partial charge in [-0.3, -0.25) is 0 Å². The summed E-state index contributed by atoms with van der Waals surface area (Å²) in [5, 5.41) is 7.45. The molecule has 0 bridgehead atoms. The third-order valence-corrected chi connectivity index (χ3v) is 10.4. The van der Waals surface area contributed by atoms with Crippen LogP contribution in [0.5, 0.6) is 0 Å². The third-order valence-electron chi connectivity index (χ3n) is 10.4. The lowest BCUT2D eigenvalue weighted by atomic mass is 9.92. The topological polar surface area (TPSA) is 8.17 Å². The number of anilines is 3. The Morgan fingerprint density at radius 1 is 0.327 bits per heavy atom. The van der Waals surface area contributed by atoms with Gasteiger partial charge in [-0.25, -0.2) is 0 Å². The van der Waals surface area contributed by atoms with Gasteiger partial charge >= 0.3 is 0 Å². The highest BCUT2D eigenvalue weighted by molar-refractivity contribution is 6.09. The molecular weight excluding hydrogens is 629 g/mol. The van der Waals surface area contributed by atoms with Crippen LogP contribution in [0.4, 0.5) is 17.1 Å². The van der Waals surface area contributed by atoms with Gasteiger partial charge in [-0.05, 0) is 86.8 Å². The van der Waals surface area contributed by atoms with Crippen molar-refractivity contribution in [3.8, 4) is 27.9 Å². The Labute approximate surface area is 303 Å². The van der Waals surface area contributed by atoms with Crippen LogP contribution in [0.2, 0.25) is 0 Å². The van der Waals surface area contributed by atoms with E-state index >= 15 is 0 Å². The standard InChI is InChI=1S/C50H34N2/c1-2-19-38(20-3-1)51(39-21-14-22-40(34-39)52-48-29-10-8-25-45(48)46-26-9-11-30-49(46)52)50-33-37(43-27-12-17-35-15-4-6-23-41(35)43)31-32-47(50)44-28-13-18-36-16-5-7-24-42(36)44/h1-34H. The van der Waals surface area contributed by atoms with Crippen molar-refractivity contribution in [3.05, 3.63) is 206 Å². The molecule has 0 radical (unpaired) electrons. The Morgan fingerprint density at radius 3 is 1.54 bits per heavy atom. The molecule has 1 heterocycles. The van der Waals surface area contributed by atoms with Crippen LogP contribution in [0.25, 0.3) is 71.3 Å². The molecule has 1 aromatic heterocycles. The van der Waals surface area contributed by atoms with Crippen molar-refractivity contribution in [2.45, 2.75) is 0 Å². The molecule has 2 heteroatoms. The van der Waals surface area contributed by atoms with Gasteiger partial charge in [-0.1, -0.05) is 158 Å². The normalized spacial score (nSPS) is 11.5. The molecule has 0 amide bonds. The average molecular weight is 663 g/mol. The summed E-state index contributed by atoms with van der Waals surface area (Å²) >= 11 is 0. The van der Waals surface area contributed by atoms with Gasteiger partial charge in [0.2, 0.25) is 0 Å². The summed E-state index contributed by atoms with van der Waals surface area (Å²) in [5.74, 6) is 0. The van der Waals surface area contributed by atoms with Crippen LogP contribution in [0.1, 0.15) is 0 Å². The minimum Gasteiger partial charge on any atom is -0.310 e. The van der Waals surface area contributed by atoms with E-state index in [4.69, 9.17) is 0 Å². The summed E-state index contributed by atoms with van der Waals surface area (Å²) in [6.07, 6.45) is 0. The Hall–Kier alpha value is -6.90. The van der Waals surface area contributed by atoms with Gasteiger partial charge in [0.15, 0.2) is 0 Å². The first-order valence-electron chi connectivity index (χ1n) is 17.9. The molecule has 10 aromatic rings. The molecule has 10 rings (SSSR count). The van der Waals surface area contributed by atoms with Gasteiger partial charge in [0.25, 0.3) is 0 Å². The van der Waals surface area contributed by atoms with Crippen LogP contribution >= 0.6 is 0 Å². The fourth-order valence-corrected chi connectivity index (χ4v) is 8.03. The van der Waals surface area contributed by atoms with E-state index in [0.29, 0.717) is 0 Å². The molecule has 0 saturated carbocycles. The number of rotatable bonds is 6. The second-order valence-electron chi connectivity index (χ2n) is 13.3. The molecule has 0 unspecified atom stereocenters.